The Bertz CT molecular complexity index is 1410. The number of hydrogen-bond donors (Lipinski definition) is 3. The summed E-state index contributed by atoms with van der Waals surface area (Å²) in [5.74, 6) is -1.94. The van der Waals surface area contributed by atoms with Gasteiger partial charge in [-0.05, 0) is 105 Å². The van der Waals surface area contributed by atoms with E-state index in [0.29, 0.717) is 32.2 Å². The van der Waals surface area contributed by atoms with Crippen LogP contribution >= 0.6 is 15.9 Å². The summed E-state index contributed by atoms with van der Waals surface area (Å²) in [5.41, 5.74) is 6.75. The molecule has 0 bridgehead atoms. The highest BCUT2D eigenvalue weighted by atomic mass is 79.9. The molecule has 2 aromatic carbocycles. The van der Waals surface area contributed by atoms with Crippen LogP contribution in [0.5, 0.6) is 0 Å². The van der Waals surface area contributed by atoms with Crippen molar-refractivity contribution in [3.63, 3.8) is 0 Å². The third-order valence-electron chi connectivity index (χ3n) is 7.04. The SMILES string of the molecule is CC(C)(C)OC(=O)NC[C@H]1CC[C@H](C(=O)N(C(=O)[C@@H](N)Cc2cccc(Br)c2)c2ccc(-c3nnn[nH]3)c(F)c2)CC1. The maximum Gasteiger partial charge on any atom is 0.407 e. The van der Waals surface area contributed by atoms with Gasteiger partial charge in [0, 0.05) is 16.9 Å². The summed E-state index contributed by atoms with van der Waals surface area (Å²) < 4.78 is 21.3. The van der Waals surface area contributed by atoms with Crippen LogP contribution in [0.15, 0.2) is 46.9 Å². The summed E-state index contributed by atoms with van der Waals surface area (Å²) in [6.45, 7) is 5.82. The number of amides is 3. The van der Waals surface area contributed by atoms with Crippen LogP contribution in [-0.4, -0.2) is 56.7 Å². The average molecular weight is 645 g/mol. The van der Waals surface area contributed by atoms with Gasteiger partial charge in [-0.2, -0.15) is 0 Å². The van der Waals surface area contributed by atoms with Crippen molar-refractivity contribution in [3.05, 3.63) is 58.3 Å². The number of anilines is 1. The summed E-state index contributed by atoms with van der Waals surface area (Å²) in [7, 11) is 0. The summed E-state index contributed by atoms with van der Waals surface area (Å²) in [5, 5.41) is 16.0. The van der Waals surface area contributed by atoms with Crippen LogP contribution in [0.3, 0.4) is 0 Å². The van der Waals surface area contributed by atoms with Crippen molar-refractivity contribution in [1.82, 2.24) is 25.9 Å². The molecule has 13 heteroatoms. The summed E-state index contributed by atoms with van der Waals surface area (Å²) in [4.78, 5) is 40.7. The molecule has 4 rings (SSSR count). The Hall–Kier alpha value is -3.71. The van der Waals surface area contributed by atoms with Crippen LogP contribution in [0.2, 0.25) is 0 Å². The second-order valence-electron chi connectivity index (χ2n) is 11.5. The Morgan fingerprint density at radius 2 is 1.90 bits per heavy atom. The smallest absolute Gasteiger partial charge is 0.407 e. The van der Waals surface area contributed by atoms with Gasteiger partial charge in [-0.25, -0.2) is 19.2 Å². The maximum absolute atomic E-state index is 15.2. The first-order valence-electron chi connectivity index (χ1n) is 13.8. The van der Waals surface area contributed by atoms with E-state index in [1.165, 1.54) is 12.1 Å². The molecule has 1 fully saturated rings. The third-order valence-corrected chi connectivity index (χ3v) is 7.54. The maximum atomic E-state index is 15.2. The van der Waals surface area contributed by atoms with Crippen molar-refractivity contribution in [3.8, 4) is 11.4 Å². The third kappa shape index (κ3) is 8.19. The molecule has 3 amide bonds. The van der Waals surface area contributed by atoms with Crippen molar-refractivity contribution >= 4 is 39.5 Å². The topological polar surface area (TPSA) is 156 Å². The molecular weight excluding hydrogens is 609 g/mol. The highest BCUT2D eigenvalue weighted by Gasteiger charge is 2.36. The van der Waals surface area contributed by atoms with Crippen LogP contribution in [0.25, 0.3) is 11.4 Å². The summed E-state index contributed by atoms with van der Waals surface area (Å²) in [6, 6.07) is 10.4. The van der Waals surface area contributed by atoms with Crippen molar-refractivity contribution < 1.29 is 23.5 Å². The molecule has 1 aliphatic carbocycles. The molecule has 1 saturated carbocycles. The zero-order valence-corrected chi connectivity index (χ0v) is 25.4. The molecule has 0 radical (unpaired) electrons. The van der Waals surface area contributed by atoms with Gasteiger partial charge in [0.25, 0.3) is 5.91 Å². The minimum Gasteiger partial charge on any atom is -0.444 e. The number of nitrogens with two attached hydrogens (primary N) is 1. The first-order chi connectivity index (χ1) is 19.9. The minimum absolute atomic E-state index is 0.0807. The van der Waals surface area contributed by atoms with E-state index >= 15 is 4.39 Å². The van der Waals surface area contributed by atoms with Gasteiger partial charge in [-0.15, -0.1) is 5.10 Å². The zero-order valence-electron chi connectivity index (χ0n) is 23.8. The number of ether oxygens (including phenoxy) is 1. The van der Waals surface area contributed by atoms with Gasteiger partial charge < -0.3 is 15.8 Å². The summed E-state index contributed by atoms with van der Waals surface area (Å²) >= 11 is 3.42. The molecule has 0 unspecified atom stereocenters. The van der Waals surface area contributed by atoms with E-state index in [1.54, 1.807) is 20.8 Å². The fourth-order valence-corrected chi connectivity index (χ4v) is 5.43. The number of alkyl carbamates (subject to hydrolysis) is 1. The number of hydrogen-bond acceptors (Lipinski definition) is 8. The molecule has 1 aromatic heterocycles. The second-order valence-corrected chi connectivity index (χ2v) is 12.4. The van der Waals surface area contributed by atoms with E-state index in [9.17, 15) is 14.4 Å². The molecule has 224 valence electrons. The molecule has 1 heterocycles. The molecule has 4 N–H and O–H groups in total. The highest BCUT2D eigenvalue weighted by molar-refractivity contribution is 9.10. The average Bonchev–Trinajstić information content (AvgIpc) is 3.46. The molecule has 1 atom stereocenters. The van der Waals surface area contributed by atoms with Gasteiger partial charge in [0.15, 0.2) is 5.82 Å². The number of halogens is 2. The number of carbonyl (C=O) groups is 3. The van der Waals surface area contributed by atoms with Crippen LogP contribution < -0.4 is 16.0 Å². The van der Waals surface area contributed by atoms with Gasteiger partial charge >= 0.3 is 6.09 Å². The van der Waals surface area contributed by atoms with Gasteiger partial charge in [-0.3, -0.25) is 9.59 Å². The van der Waals surface area contributed by atoms with Gasteiger partial charge in [0.1, 0.15) is 11.4 Å². The van der Waals surface area contributed by atoms with E-state index in [1.807, 2.05) is 24.3 Å². The molecule has 0 aliphatic heterocycles. The van der Waals surface area contributed by atoms with Crippen molar-refractivity contribution in [1.29, 1.82) is 0 Å². The standard InChI is InChI=1S/C29H35BrFN7O4/c1-29(2,3)42-28(41)33-16-17-7-9-19(10-8-17)26(39)38(27(40)24(32)14-18-5-4-6-20(30)13-18)21-11-12-22(23(31)15-21)25-34-36-37-35-25/h4-6,11-13,15,17,19,24H,7-10,14,16,32H2,1-3H3,(H,33,41)(H,34,35,36,37)/t17-,19-,24-/m0/s1. The van der Waals surface area contributed by atoms with Crippen molar-refractivity contribution in [2.45, 2.75) is 64.5 Å². The Morgan fingerprint density at radius 1 is 1.17 bits per heavy atom. The molecule has 0 spiro atoms. The number of carbonyl (C=O) groups excluding carboxylic acids is 3. The zero-order chi connectivity index (χ0) is 30.4. The monoisotopic (exact) mass is 643 g/mol. The molecular formula is C29H35BrFN7O4. The van der Waals surface area contributed by atoms with E-state index in [4.69, 9.17) is 10.5 Å². The number of nitrogens with one attached hydrogen (secondary N) is 2. The number of H-pyrrole nitrogens is 1. The number of tetrazole rings is 1. The van der Waals surface area contributed by atoms with Crippen molar-refractivity contribution in [2.75, 3.05) is 11.4 Å². The molecule has 3 aromatic rings. The number of rotatable bonds is 8. The predicted molar refractivity (Wildman–Crippen MR) is 158 cm³/mol. The first kappa shape index (κ1) is 31.2. The number of aromatic amines is 1. The fourth-order valence-electron chi connectivity index (χ4n) is 4.98. The van der Waals surface area contributed by atoms with E-state index in [-0.39, 0.29) is 29.4 Å². The minimum atomic E-state index is -1.04. The molecule has 0 saturated heterocycles. The molecule has 42 heavy (non-hydrogen) atoms. The Morgan fingerprint density at radius 3 is 2.52 bits per heavy atom. The van der Waals surface area contributed by atoms with E-state index < -0.39 is 41.3 Å². The lowest BCUT2D eigenvalue weighted by atomic mass is 9.81. The first-order valence-corrected chi connectivity index (χ1v) is 14.6. The van der Waals surface area contributed by atoms with Crippen LogP contribution in [0.4, 0.5) is 14.9 Å². The van der Waals surface area contributed by atoms with Crippen LogP contribution in [0, 0.1) is 17.7 Å². The van der Waals surface area contributed by atoms with Crippen molar-refractivity contribution in [2.24, 2.45) is 17.6 Å². The second kappa shape index (κ2) is 13.5. The lowest BCUT2D eigenvalue weighted by molar-refractivity contribution is -0.130. The number of benzene rings is 2. The molecule has 11 nitrogen and oxygen atoms in total. The quantitative estimate of drug-likeness (QED) is 0.323. The van der Waals surface area contributed by atoms with Gasteiger partial charge in [-0.1, -0.05) is 28.1 Å². The predicted octanol–water partition coefficient (Wildman–Crippen LogP) is 4.53. The van der Waals surface area contributed by atoms with Crippen LogP contribution in [-0.2, 0) is 20.7 Å². The summed E-state index contributed by atoms with van der Waals surface area (Å²) in [6.07, 6.45) is 2.07. The van der Waals surface area contributed by atoms with Crippen LogP contribution in [0.1, 0.15) is 52.0 Å². The number of nitrogens with zero attached hydrogens (tertiary/aromatic N) is 4. The Kier molecular flexibility index (Phi) is 10.0. The van der Waals surface area contributed by atoms with Gasteiger partial charge in [0.2, 0.25) is 5.91 Å². The fraction of sp³-hybridized carbons (Fsp3) is 0.448. The number of imide groups is 1. The lowest BCUT2D eigenvalue weighted by Gasteiger charge is -2.32. The number of aromatic nitrogens is 4. The Balaban J connectivity index is 1.50. The largest absolute Gasteiger partial charge is 0.444 e. The Labute approximate surface area is 251 Å². The lowest BCUT2D eigenvalue weighted by Crippen LogP contribution is -2.50. The normalized spacial score (nSPS) is 17.8. The highest BCUT2D eigenvalue weighted by Crippen LogP contribution is 2.33. The van der Waals surface area contributed by atoms with Gasteiger partial charge in [0.05, 0.1) is 17.3 Å². The molecule has 1 aliphatic rings. The van der Waals surface area contributed by atoms with E-state index in [2.05, 4.69) is 41.9 Å². The van der Waals surface area contributed by atoms with E-state index in [0.717, 1.165) is 21.0 Å².